The normalized spacial score (nSPS) is 10.5. The lowest BCUT2D eigenvalue weighted by Crippen LogP contribution is -2.23. The first-order valence-electron chi connectivity index (χ1n) is 10.7. The number of hydrogen-bond acceptors (Lipinski definition) is 1. The minimum Gasteiger partial charge on any atom is -0.372 e. The minimum atomic E-state index is 0. The van der Waals surface area contributed by atoms with Crippen LogP contribution in [0.3, 0.4) is 0 Å². The number of aryl methyl sites for hydroxylation is 1. The molecule has 1 aromatic rings. The number of hydrogen-bond donors (Lipinski definition) is 0. The Labute approximate surface area is 164 Å². The van der Waals surface area contributed by atoms with Crippen LogP contribution in [0.15, 0.2) is 24.3 Å². The van der Waals surface area contributed by atoms with Crippen LogP contribution in [0.1, 0.15) is 97.0 Å². The van der Waals surface area contributed by atoms with Gasteiger partial charge in [0.1, 0.15) is 0 Å². The molecule has 0 saturated heterocycles. The number of anilines is 1. The van der Waals surface area contributed by atoms with E-state index in [9.17, 15) is 0 Å². The number of halogens is 1. The van der Waals surface area contributed by atoms with Crippen molar-refractivity contribution in [2.75, 3.05) is 18.0 Å². The maximum Gasteiger partial charge on any atom is 0.0398 e. The number of benzene rings is 1. The molecule has 0 radical (unpaired) electrons. The van der Waals surface area contributed by atoms with E-state index in [1.807, 2.05) is 0 Å². The van der Waals surface area contributed by atoms with E-state index < -0.39 is 0 Å². The summed E-state index contributed by atoms with van der Waals surface area (Å²) in [7, 11) is 0. The highest BCUT2D eigenvalue weighted by Gasteiger charge is 2.07. The smallest absolute Gasteiger partial charge is 0.0398 e. The van der Waals surface area contributed by atoms with Gasteiger partial charge in [0.05, 0.1) is 0 Å². The first-order chi connectivity index (χ1) is 11.8. The fourth-order valence-corrected chi connectivity index (χ4v) is 3.57. The molecule has 0 aliphatic rings. The predicted octanol–water partition coefficient (Wildman–Crippen LogP) is 7.81. The molecule has 2 heteroatoms. The fraction of sp³-hybridized carbons (Fsp3) is 0.739. The maximum absolute atomic E-state index is 2.48. The Hall–Kier alpha value is -0.690. The Morgan fingerprint density at radius 3 is 1.64 bits per heavy atom. The van der Waals surface area contributed by atoms with Crippen LogP contribution in [-0.4, -0.2) is 13.1 Å². The summed E-state index contributed by atoms with van der Waals surface area (Å²) < 4.78 is 0. The largest absolute Gasteiger partial charge is 0.372 e. The van der Waals surface area contributed by atoms with Gasteiger partial charge in [-0.05, 0) is 38.3 Å². The molecular formula is C23H42ClN. The molecule has 1 nitrogen and oxygen atoms in total. The van der Waals surface area contributed by atoms with Crippen molar-refractivity contribution >= 4 is 18.1 Å². The summed E-state index contributed by atoms with van der Waals surface area (Å²) in [5.74, 6) is 0. The van der Waals surface area contributed by atoms with Crippen LogP contribution in [0.4, 0.5) is 5.69 Å². The van der Waals surface area contributed by atoms with Crippen LogP contribution in [0, 0.1) is 0 Å². The summed E-state index contributed by atoms with van der Waals surface area (Å²) >= 11 is 0. The Morgan fingerprint density at radius 2 is 1.12 bits per heavy atom. The molecule has 0 aliphatic heterocycles. The van der Waals surface area contributed by atoms with E-state index in [0.717, 1.165) is 13.1 Å². The molecule has 146 valence electrons. The molecule has 0 saturated carbocycles. The minimum absolute atomic E-state index is 0. The van der Waals surface area contributed by atoms with Gasteiger partial charge >= 0.3 is 0 Å². The molecule has 0 heterocycles. The second kappa shape index (κ2) is 16.8. The van der Waals surface area contributed by atoms with Crippen molar-refractivity contribution < 1.29 is 0 Å². The van der Waals surface area contributed by atoms with Gasteiger partial charge in [-0.25, -0.2) is 0 Å². The van der Waals surface area contributed by atoms with Gasteiger partial charge in [0.2, 0.25) is 0 Å². The molecule has 1 aromatic carbocycles. The fourth-order valence-electron chi connectivity index (χ4n) is 3.57. The Kier molecular flexibility index (Phi) is 16.3. The van der Waals surface area contributed by atoms with E-state index in [4.69, 9.17) is 0 Å². The van der Waals surface area contributed by atoms with Crippen molar-refractivity contribution in [3.8, 4) is 0 Å². The third-order valence-corrected chi connectivity index (χ3v) is 5.15. The van der Waals surface area contributed by atoms with Crippen molar-refractivity contribution in [2.24, 2.45) is 0 Å². The highest BCUT2D eigenvalue weighted by atomic mass is 35.5. The molecule has 0 spiro atoms. The zero-order valence-electron chi connectivity index (χ0n) is 17.1. The van der Waals surface area contributed by atoms with Gasteiger partial charge in [0, 0.05) is 18.8 Å². The average molecular weight is 368 g/mol. The number of para-hydroxylation sites is 1. The summed E-state index contributed by atoms with van der Waals surface area (Å²) in [5, 5.41) is 0. The zero-order chi connectivity index (χ0) is 17.5. The van der Waals surface area contributed by atoms with E-state index in [1.54, 1.807) is 0 Å². The van der Waals surface area contributed by atoms with Gasteiger partial charge in [-0.15, -0.1) is 12.4 Å². The van der Waals surface area contributed by atoms with Gasteiger partial charge in [-0.2, -0.15) is 0 Å². The number of unbranched alkanes of at least 4 members (excludes halogenated alkanes) is 10. The quantitative estimate of drug-likeness (QED) is 0.286. The lowest BCUT2D eigenvalue weighted by Gasteiger charge is -2.24. The Balaban J connectivity index is 0.00000576. The summed E-state index contributed by atoms with van der Waals surface area (Å²) in [5.41, 5.74) is 2.99. The van der Waals surface area contributed by atoms with Gasteiger partial charge in [0.25, 0.3) is 0 Å². The lowest BCUT2D eigenvalue weighted by atomic mass is 10.0. The van der Waals surface area contributed by atoms with Gasteiger partial charge in [-0.1, -0.05) is 89.3 Å². The van der Waals surface area contributed by atoms with E-state index in [-0.39, 0.29) is 12.4 Å². The van der Waals surface area contributed by atoms with E-state index >= 15 is 0 Å². The second-order valence-electron chi connectivity index (χ2n) is 7.09. The van der Waals surface area contributed by atoms with Crippen molar-refractivity contribution in [3.05, 3.63) is 29.8 Å². The van der Waals surface area contributed by atoms with Gasteiger partial charge < -0.3 is 4.90 Å². The SMILES string of the molecule is CCCCCCCCCCCCCc1ccccc1N(CC)CC.Cl. The third-order valence-electron chi connectivity index (χ3n) is 5.15. The number of rotatable bonds is 15. The number of nitrogens with zero attached hydrogens (tertiary/aromatic N) is 1. The van der Waals surface area contributed by atoms with Crippen LogP contribution in [-0.2, 0) is 6.42 Å². The molecule has 25 heavy (non-hydrogen) atoms. The Bertz CT molecular complexity index is 401. The van der Waals surface area contributed by atoms with Crippen molar-refractivity contribution in [2.45, 2.75) is 97.8 Å². The van der Waals surface area contributed by atoms with Gasteiger partial charge in [0.15, 0.2) is 0 Å². The van der Waals surface area contributed by atoms with Crippen molar-refractivity contribution in [1.29, 1.82) is 0 Å². The van der Waals surface area contributed by atoms with Crippen molar-refractivity contribution in [1.82, 2.24) is 0 Å². The van der Waals surface area contributed by atoms with Crippen LogP contribution in [0.5, 0.6) is 0 Å². The standard InChI is InChI=1S/C23H41N.ClH/c1-4-7-8-9-10-11-12-13-14-15-16-19-22-20-17-18-21-23(22)24(5-2)6-3;/h17-18,20-21H,4-16,19H2,1-3H3;1H. The first-order valence-corrected chi connectivity index (χ1v) is 10.7. The molecule has 0 aliphatic carbocycles. The molecule has 0 amide bonds. The molecule has 0 aromatic heterocycles. The topological polar surface area (TPSA) is 3.24 Å². The summed E-state index contributed by atoms with van der Waals surface area (Å²) in [6, 6.07) is 8.99. The predicted molar refractivity (Wildman–Crippen MR) is 117 cm³/mol. The highest BCUT2D eigenvalue weighted by Crippen LogP contribution is 2.22. The Morgan fingerprint density at radius 1 is 0.640 bits per heavy atom. The second-order valence-corrected chi connectivity index (χ2v) is 7.09. The molecular weight excluding hydrogens is 326 g/mol. The third kappa shape index (κ3) is 10.8. The first kappa shape index (κ1) is 24.3. The van der Waals surface area contributed by atoms with Gasteiger partial charge in [-0.3, -0.25) is 0 Å². The van der Waals surface area contributed by atoms with Crippen LogP contribution in [0.2, 0.25) is 0 Å². The molecule has 0 unspecified atom stereocenters. The molecule has 0 fully saturated rings. The lowest BCUT2D eigenvalue weighted by molar-refractivity contribution is 0.549. The summed E-state index contributed by atoms with van der Waals surface area (Å²) in [4.78, 5) is 2.48. The van der Waals surface area contributed by atoms with Crippen LogP contribution in [0.25, 0.3) is 0 Å². The average Bonchev–Trinajstić information content (AvgIpc) is 2.62. The van der Waals surface area contributed by atoms with Crippen LogP contribution < -0.4 is 4.90 Å². The molecule has 0 bridgehead atoms. The molecule has 0 N–H and O–H groups in total. The van der Waals surface area contributed by atoms with E-state index in [0.29, 0.717) is 0 Å². The highest BCUT2D eigenvalue weighted by molar-refractivity contribution is 5.85. The molecule has 1 rings (SSSR count). The summed E-state index contributed by atoms with van der Waals surface area (Å²) in [6.45, 7) is 9.00. The monoisotopic (exact) mass is 367 g/mol. The summed E-state index contributed by atoms with van der Waals surface area (Å²) in [6.07, 6.45) is 16.9. The van der Waals surface area contributed by atoms with E-state index in [2.05, 4.69) is 49.9 Å². The van der Waals surface area contributed by atoms with Crippen molar-refractivity contribution in [3.63, 3.8) is 0 Å². The maximum atomic E-state index is 2.48. The van der Waals surface area contributed by atoms with Crippen LogP contribution >= 0.6 is 12.4 Å². The zero-order valence-corrected chi connectivity index (χ0v) is 17.9. The molecule has 0 atom stereocenters. The van der Waals surface area contributed by atoms with E-state index in [1.165, 1.54) is 88.3 Å².